The minimum absolute atomic E-state index is 0.0729. The van der Waals surface area contributed by atoms with Crippen LogP contribution in [0, 0.1) is 13.8 Å². The molecule has 1 aliphatic rings. The molecule has 0 saturated heterocycles. The van der Waals surface area contributed by atoms with Crippen LogP contribution in [-0.2, 0) is 4.79 Å². The molecule has 0 unspecified atom stereocenters. The molecule has 0 aliphatic carbocycles. The molecular formula is C25H33NO3. The highest BCUT2D eigenvalue weighted by atomic mass is 16.5. The lowest BCUT2D eigenvalue weighted by Gasteiger charge is -2.42. The van der Waals surface area contributed by atoms with Crippen LogP contribution in [0.15, 0.2) is 42.5 Å². The standard InChI is InChI=1S/C25H33NO3/c1-6-21(28-23-15-17(4)13-14-18(23)5)24(27)26-20-16-25(7-2,8-3)29-22-12-10-9-11-19(20)22/h9-15,20-21H,6-8,16H2,1-5H3,(H,26,27)/t20-,21-/m0/s1. The zero-order valence-corrected chi connectivity index (χ0v) is 18.2. The number of benzene rings is 2. The predicted octanol–water partition coefficient (Wildman–Crippen LogP) is 5.66. The van der Waals surface area contributed by atoms with E-state index in [4.69, 9.17) is 9.47 Å². The van der Waals surface area contributed by atoms with Crippen molar-refractivity contribution in [1.82, 2.24) is 5.32 Å². The summed E-state index contributed by atoms with van der Waals surface area (Å²) in [6.07, 6.45) is 2.66. The molecule has 2 aromatic rings. The van der Waals surface area contributed by atoms with Gasteiger partial charge in [0.05, 0.1) is 6.04 Å². The Kier molecular flexibility index (Phi) is 6.51. The van der Waals surface area contributed by atoms with Gasteiger partial charge in [-0.25, -0.2) is 0 Å². The van der Waals surface area contributed by atoms with Crippen molar-refractivity contribution in [2.75, 3.05) is 0 Å². The van der Waals surface area contributed by atoms with Gasteiger partial charge >= 0.3 is 0 Å². The highest BCUT2D eigenvalue weighted by molar-refractivity contribution is 5.81. The van der Waals surface area contributed by atoms with Crippen LogP contribution in [-0.4, -0.2) is 17.6 Å². The van der Waals surface area contributed by atoms with Crippen LogP contribution in [0.5, 0.6) is 11.5 Å². The van der Waals surface area contributed by atoms with E-state index >= 15 is 0 Å². The third-order valence-electron chi connectivity index (χ3n) is 6.08. The summed E-state index contributed by atoms with van der Waals surface area (Å²) < 4.78 is 12.5. The number of aryl methyl sites for hydroxylation is 2. The third kappa shape index (κ3) is 4.58. The number of ether oxygens (including phenoxy) is 2. The van der Waals surface area contributed by atoms with Crippen molar-refractivity contribution in [3.8, 4) is 11.5 Å². The van der Waals surface area contributed by atoms with E-state index in [1.807, 2.05) is 57.2 Å². The second kappa shape index (κ2) is 8.89. The molecule has 156 valence electrons. The molecular weight excluding hydrogens is 362 g/mol. The Hall–Kier alpha value is -2.49. The highest BCUT2D eigenvalue weighted by Crippen LogP contribution is 2.42. The van der Waals surface area contributed by atoms with Gasteiger partial charge in [0.25, 0.3) is 5.91 Å². The van der Waals surface area contributed by atoms with Gasteiger partial charge in [-0.15, -0.1) is 0 Å². The molecule has 3 rings (SSSR count). The van der Waals surface area contributed by atoms with Crippen molar-refractivity contribution >= 4 is 5.91 Å². The van der Waals surface area contributed by atoms with Crippen LogP contribution in [0.3, 0.4) is 0 Å². The Morgan fingerprint density at radius 1 is 1.17 bits per heavy atom. The summed E-state index contributed by atoms with van der Waals surface area (Å²) >= 11 is 0. The first-order valence-corrected chi connectivity index (χ1v) is 10.7. The minimum Gasteiger partial charge on any atom is -0.487 e. The second-order valence-corrected chi connectivity index (χ2v) is 8.08. The smallest absolute Gasteiger partial charge is 0.261 e. The molecule has 1 heterocycles. The molecule has 29 heavy (non-hydrogen) atoms. The Labute approximate surface area is 174 Å². The quantitative estimate of drug-likeness (QED) is 0.658. The van der Waals surface area contributed by atoms with Gasteiger partial charge in [0, 0.05) is 12.0 Å². The van der Waals surface area contributed by atoms with Crippen molar-refractivity contribution in [1.29, 1.82) is 0 Å². The first-order chi connectivity index (χ1) is 13.9. The summed E-state index contributed by atoms with van der Waals surface area (Å²) in [4.78, 5) is 13.2. The van der Waals surface area contributed by atoms with E-state index < -0.39 is 6.10 Å². The number of hydrogen-bond donors (Lipinski definition) is 1. The van der Waals surface area contributed by atoms with Gasteiger partial charge in [-0.3, -0.25) is 4.79 Å². The average molecular weight is 396 g/mol. The van der Waals surface area contributed by atoms with E-state index in [1.54, 1.807) is 0 Å². The third-order valence-corrected chi connectivity index (χ3v) is 6.08. The topological polar surface area (TPSA) is 47.6 Å². The number of rotatable bonds is 7. The van der Waals surface area contributed by atoms with Gasteiger partial charge in [0.15, 0.2) is 6.10 Å². The Bertz CT molecular complexity index is 857. The molecule has 4 heteroatoms. The molecule has 1 amide bonds. The number of fused-ring (bicyclic) bond motifs is 1. The summed E-state index contributed by atoms with van der Waals surface area (Å²) in [5.41, 5.74) is 2.95. The Balaban J connectivity index is 1.81. The van der Waals surface area contributed by atoms with Crippen molar-refractivity contribution in [2.45, 2.75) is 78.0 Å². The van der Waals surface area contributed by atoms with Gasteiger partial charge in [-0.05, 0) is 56.4 Å². The van der Waals surface area contributed by atoms with E-state index in [1.165, 1.54) is 0 Å². The highest BCUT2D eigenvalue weighted by Gasteiger charge is 2.39. The molecule has 0 fully saturated rings. The Morgan fingerprint density at radius 2 is 1.90 bits per heavy atom. The van der Waals surface area contributed by atoms with Crippen LogP contribution in [0.1, 0.15) is 69.2 Å². The van der Waals surface area contributed by atoms with Gasteiger partial charge in [0.1, 0.15) is 17.1 Å². The first-order valence-electron chi connectivity index (χ1n) is 10.7. The number of carbonyl (C=O) groups is 1. The van der Waals surface area contributed by atoms with Crippen LogP contribution in [0.25, 0.3) is 0 Å². The molecule has 1 aliphatic heterocycles. The van der Waals surface area contributed by atoms with Crippen molar-refractivity contribution in [2.24, 2.45) is 0 Å². The normalized spacial score (nSPS) is 18.3. The first kappa shape index (κ1) is 21.2. The molecule has 2 aromatic carbocycles. The molecule has 0 saturated carbocycles. The van der Waals surface area contributed by atoms with Crippen LogP contribution >= 0.6 is 0 Å². The van der Waals surface area contributed by atoms with E-state index in [9.17, 15) is 4.79 Å². The molecule has 0 radical (unpaired) electrons. The molecule has 0 bridgehead atoms. The van der Waals surface area contributed by atoms with Crippen LogP contribution in [0.4, 0.5) is 0 Å². The zero-order chi connectivity index (χ0) is 21.0. The summed E-state index contributed by atoms with van der Waals surface area (Å²) in [6, 6.07) is 14.0. The lowest BCUT2D eigenvalue weighted by atomic mass is 9.83. The van der Waals surface area contributed by atoms with Gasteiger partial charge in [0.2, 0.25) is 0 Å². The number of amides is 1. The summed E-state index contributed by atoms with van der Waals surface area (Å²) in [5, 5.41) is 3.26. The van der Waals surface area contributed by atoms with Gasteiger partial charge in [-0.1, -0.05) is 51.1 Å². The maximum atomic E-state index is 13.2. The summed E-state index contributed by atoms with van der Waals surface area (Å²) in [6.45, 7) is 10.3. The molecule has 0 aromatic heterocycles. The fraction of sp³-hybridized carbons (Fsp3) is 0.480. The largest absolute Gasteiger partial charge is 0.487 e. The zero-order valence-electron chi connectivity index (χ0n) is 18.2. The monoisotopic (exact) mass is 395 g/mol. The molecule has 1 N–H and O–H groups in total. The maximum Gasteiger partial charge on any atom is 0.261 e. The second-order valence-electron chi connectivity index (χ2n) is 8.08. The van der Waals surface area contributed by atoms with Crippen molar-refractivity contribution < 1.29 is 14.3 Å². The van der Waals surface area contributed by atoms with Crippen LogP contribution in [0.2, 0.25) is 0 Å². The maximum absolute atomic E-state index is 13.2. The minimum atomic E-state index is -0.525. The lowest BCUT2D eigenvalue weighted by molar-refractivity contribution is -0.129. The van der Waals surface area contributed by atoms with Crippen molar-refractivity contribution in [3.63, 3.8) is 0 Å². The average Bonchev–Trinajstić information content (AvgIpc) is 2.74. The summed E-state index contributed by atoms with van der Waals surface area (Å²) in [7, 11) is 0. The SMILES string of the molecule is CC[C@H](Oc1cc(C)ccc1C)C(=O)N[C@H]1CC(CC)(CC)Oc2ccccc21. The number of para-hydroxylation sites is 1. The van der Waals surface area contributed by atoms with E-state index in [0.29, 0.717) is 6.42 Å². The van der Waals surface area contributed by atoms with Gasteiger partial charge in [-0.2, -0.15) is 0 Å². The van der Waals surface area contributed by atoms with Crippen LogP contribution < -0.4 is 14.8 Å². The van der Waals surface area contributed by atoms with E-state index in [0.717, 1.165) is 47.5 Å². The van der Waals surface area contributed by atoms with E-state index in [2.05, 4.69) is 25.2 Å². The predicted molar refractivity (Wildman–Crippen MR) is 117 cm³/mol. The fourth-order valence-corrected chi connectivity index (χ4v) is 4.00. The summed E-state index contributed by atoms with van der Waals surface area (Å²) in [5.74, 6) is 1.57. The van der Waals surface area contributed by atoms with Crippen molar-refractivity contribution in [3.05, 3.63) is 59.2 Å². The number of carbonyl (C=O) groups excluding carboxylic acids is 1. The Morgan fingerprint density at radius 3 is 2.59 bits per heavy atom. The lowest BCUT2D eigenvalue weighted by Crippen LogP contribution is -2.47. The fourth-order valence-electron chi connectivity index (χ4n) is 4.00. The van der Waals surface area contributed by atoms with Gasteiger partial charge < -0.3 is 14.8 Å². The number of hydrogen-bond acceptors (Lipinski definition) is 3. The molecule has 2 atom stereocenters. The molecule has 0 spiro atoms. The number of nitrogens with one attached hydrogen (secondary N) is 1. The van der Waals surface area contributed by atoms with E-state index in [-0.39, 0.29) is 17.6 Å². The molecule has 4 nitrogen and oxygen atoms in total.